The van der Waals surface area contributed by atoms with E-state index in [0.717, 1.165) is 18.9 Å². The van der Waals surface area contributed by atoms with Crippen molar-refractivity contribution in [3.05, 3.63) is 48.2 Å². The third kappa shape index (κ3) is 4.54. The first-order valence-electron chi connectivity index (χ1n) is 10.1. The van der Waals surface area contributed by atoms with Crippen molar-refractivity contribution in [2.24, 2.45) is 10.9 Å². The molecule has 10 heteroatoms. The number of carbonyl (C=O) groups is 1. The molecule has 9 nitrogen and oxygen atoms in total. The van der Waals surface area contributed by atoms with Crippen LogP contribution >= 0.6 is 0 Å². The van der Waals surface area contributed by atoms with Crippen molar-refractivity contribution in [3.8, 4) is 0 Å². The molecule has 1 saturated heterocycles. The number of nitrogens with one attached hydrogen (secondary N) is 2. The quantitative estimate of drug-likeness (QED) is 0.726. The van der Waals surface area contributed by atoms with Crippen molar-refractivity contribution in [2.75, 3.05) is 36.5 Å². The molecule has 2 aromatic rings. The summed E-state index contributed by atoms with van der Waals surface area (Å²) in [7, 11) is -3.66. The van der Waals surface area contributed by atoms with Gasteiger partial charge in [-0.25, -0.2) is 13.4 Å². The van der Waals surface area contributed by atoms with E-state index in [0.29, 0.717) is 24.5 Å². The van der Waals surface area contributed by atoms with Gasteiger partial charge in [0.25, 0.3) is 10.0 Å². The van der Waals surface area contributed by atoms with Crippen LogP contribution in [0.2, 0.25) is 0 Å². The molecular weight excluding hydrogens is 418 g/mol. The highest BCUT2D eigenvalue weighted by Crippen LogP contribution is 2.24. The second kappa shape index (κ2) is 8.64. The summed E-state index contributed by atoms with van der Waals surface area (Å²) in [6.45, 7) is 6.63. The number of aromatic nitrogens is 1. The van der Waals surface area contributed by atoms with Gasteiger partial charge in [0.15, 0.2) is 0 Å². The van der Waals surface area contributed by atoms with E-state index < -0.39 is 16.1 Å². The zero-order valence-corrected chi connectivity index (χ0v) is 18.2. The van der Waals surface area contributed by atoms with E-state index >= 15 is 0 Å². The minimum absolute atomic E-state index is 0.148. The number of morpholine rings is 1. The van der Waals surface area contributed by atoms with Crippen LogP contribution in [0.4, 0.5) is 11.5 Å². The second-order valence-corrected chi connectivity index (χ2v) is 9.41. The maximum atomic E-state index is 13.0. The summed E-state index contributed by atoms with van der Waals surface area (Å²) < 4.78 is 32.5. The Bertz CT molecular complexity index is 1090. The molecule has 0 radical (unpaired) electrons. The first-order valence-corrected chi connectivity index (χ1v) is 11.6. The molecule has 31 heavy (non-hydrogen) atoms. The lowest BCUT2D eigenvalue weighted by Crippen LogP contribution is -2.36. The minimum Gasteiger partial charge on any atom is -0.378 e. The van der Waals surface area contributed by atoms with Gasteiger partial charge in [0.2, 0.25) is 5.91 Å². The molecule has 3 heterocycles. The van der Waals surface area contributed by atoms with E-state index in [2.05, 4.69) is 24.9 Å². The van der Waals surface area contributed by atoms with Gasteiger partial charge >= 0.3 is 0 Å². The summed E-state index contributed by atoms with van der Waals surface area (Å²) >= 11 is 0. The minimum atomic E-state index is -3.66. The molecule has 2 aliphatic heterocycles. The van der Waals surface area contributed by atoms with Gasteiger partial charge in [-0.1, -0.05) is 26.0 Å². The lowest BCUT2D eigenvalue weighted by molar-refractivity contribution is -0.118. The summed E-state index contributed by atoms with van der Waals surface area (Å²) in [5.74, 6) is 0.543. The number of nitrogens with zero attached hydrogens (tertiary/aromatic N) is 3. The van der Waals surface area contributed by atoms with E-state index in [1.54, 1.807) is 30.5 Å². The molecule has 0 unspecified atom stereocenters. The second-order valence-electron chi connectivity index (χ2n) is 7.76. The Morgan fingerprint density at radius 2 is 1.94 bits per heavy atom. The standard InChI is InChI=1S/C21H25N5O4S/c1-14(2)19(24-20-16-5-3-4-6-17(16)31(28,29)25-20)21(27)23-15-7-8-18(22-13-15)26-9-11-30-12-10-26/h3-8,13-14,19H,9-12H2,1-2H3,(H,23,27)(H,24,25)/t19-/m0/s1. The largest absolute Gasteiger partial charge is 0.378 e. The molecular formula is C21H25N5O4S. The molecule has 164 valence electrons. The zero-order valence-electron chi connectivity index (χ0n) is 17.4. The highest BCUT2D eigenvalue weighted by molar-refractivity contribution is 7.90. The molecule has 4 rings (SSSR count). The molecule has 2 N–H and O–H groups in total. The summed E-state index contributed by atoms with van der Waals surface area (Å²) in [6, 6.07) is 9.47. The van der Waals surface area contributed by atoms with Crippen LogP contribution < -0.4 is 14.9 Å². The lowest BCUT2D eigenvalue weighted by atomic mass is 10.0. The molecule has 0 saturated carbocycles. The smallest absolute Gasteiger partial charge is 0.263 e. The Labute approximate surface area is 181 Å². The van der Waals surface area contributed by atoms with Gasteiger partial charge in [-0.3, -0.25) is 14.5 Å². The molecule has 0 aliphatic carbocycles. The molecule has 1 atom stereocenters. The molecule has 1 fully saturated rings. The number of carbonyl (C=O) groups excluding carboxylic acids is 1. The summed E-state index contributed by atoms with van der Waals surface area (Å²) in [5.41, 5.74) is 1.03. The topological polar surface area (TPSA) is 113 Å². The predicted molar refractivity (Wildman–Crippen MR) is 118 cm³/mol. The van der Waals surface area contributed by atoms with Gasteiger partial charge in [-0.2, -0.15) is 0 Å². The van der Waals surface area contributed by atoms with Crippen LogP contribution in [0.5, 0.6) is 0 Å². The normalized spacial score (nSPS) is 19.7. The molecule has 2 aliphatic rings. The van der Waals surface area contributed by atoms with Crippen LogP contribution in [0.3, 0.4) is 0 Å². The first kappa shape index (κ1) is 21.3. The molecule has 1 aromatic heterocycles. The number of benzene rings is 1. The Hall–Kier alpha value is -2.98. The fourth-order valence-corrected chi connectivity index (χ4v) is 4.77. The van der Waals surface area contributed by atoms with Gasteiger partial charge in [0.05, 0.1) is 30.0 Å². The van der Waals surface area contributed by atoms with Gasteiger partial charge < -0.3 is 15.0 Å². The zero-order chi connectivity index (χ0) is 22.0. The Morgan fingerprint density at radius 1 is 1.19 bits per heavy atom. The number of amides is 1. The van der Waals surface area contributed by atoms with Crippen LogP contribution in [0.1, 0.15) is 19.4 Å². The van der Waals surface area contributed by atoms with Gasteiger partial charge in [-0.15, -0.1) is 0 Å². The highest BCUT2D eigenvalue weighted by Gasteiger charge is 2.32. The lowest BCUT2D eigenvalue weighted by Gasteiger charge is -2.27. The van der Waals surface area contributed by atoms with E-state index in [4.69, 9.17) is 4.74 Å². The fourth-order valence-electron chi connectivity index (χ4n) is 3.53. The fraction of sp³-hybridized carbons (Fsp3) is 0.381. The third-order valence-corrected chi connectivity index (χ3v) is 6.58. The number of pyridine rings is 1. The number of sulfonamides is 1. The van der Waals surface area contributed by atoms with Crippen LogP contribution in [-0.2, 0) is 19.6 Å². The van der Waals surface area contributed by atoms with E-state index in [1.165, 1.54) is 6.07 Å². The van der Waals surface area contributed by atoms with Crippen molar-refractivity contribution in [1.82, 2.24) is 9.71 Å². The van der Waals surface area contributed by atoms with Crippen LogP contribution in [0.15, 0.2) is 52.5 Å². The molecule has 0 bridgehead atoms. The van der Waals surface area contributed by atoms with Gasteiger partial charge in [0.1, 0.15) is 17.7 Å². The predicted octanol–water partition coefficient (Wildman–Crippen LogP) is 1.62. The maximum Gasteiger partial charge on any atom is 0.263 e. The van der Waals surface area contributed by atoms with E-state index in [-0.39, 0.29) is 22.6 Å². The number of rotatable bonds is 5. The van der Waals surface area contributed by atoms with Crippen LogP contribution in [0, 0.1) is 5.92 Å². The number of amidine groups is 1. The number of anilines is 2. The van der Waals surface area contributed by atoms with Crippen molar-refractivity contribution in [3.63, 3.8) is 0 Å². The third-order valence-electron chi connectivity index (χ3n) is 5.18. The van der Waals surface area contributed by atoms with Crippen molar-refractivity contribution in [1.29, 1.82) is 0 Å². The summed E-state index contributed by atoms with van der Waals surface area (Å²) in [5, 5.41) is 2.84. The molecule has 0 spiro atoms. The van der Waals surface area contributed by atoms with Gasteiger partial charge in [0, 0.05) is 18.7 Å². The number of hydrogen-bond acceptors (Lipinski definition) is 7. The summed E-state index contributed by atoms with van der Waals surface area (Å²) in [4.78, 5) is 24.2. The maximum absolute atomic E-state index is 13.0. The van der Waals surface area contributed by atoms with Crippen molar-refractivity contribution >= 4 is 33.3 Å². The molecule has 1 amide bonds. The average molecular weight is 444 g/mol. The number of ether oxygens (including phenoxy) is 1. The van der Waals surface area contributed by atoms with E-state index in [9.17, 15) is 13.2 Å². The van der Waals surface area contributed by atoms with Gasteiger partial charge in [-0.05, 0) is 30.2 Å². The average Bonchev–Trinajstić information content (AvgIpc) is 3.03. The van der Waals surface area contributed by atoms with Crippen molar-refractivity contribution < 1.29 is 17.9 Å². The Balaban J connectivity index is 1.52. The Morgan fingerprint density at radius 3 is 2.61 bits per heavy atom. The van der Waals surface area contributed by atoms with E-state index in [1.807, 2.05) is 19.9 Å². The monoisotopic (exact) mass is 443 g/mol. The number of fused-ring (bicyclic) bond motifs is 1. The summed E-state index contributed by atoms with van der Waals surface area (Å²) in [6.07, 6.45) is 1.61. The van der Waals surface area contributed by atoms with Crippen LogP contribution in [-0.4, -0.2) is 57.5 Å². The highest BCUT2D eigenvalue weighted by atomic mass is 32.2. The SMILES string of the molecule is CC(C)[C@H](N=C1NS(=O)(=O)c2ccccc21)C(=O)Nc1ccc(N2CCOCC2)nc1. The molecule has 1 aromatic carbocycles. The Kier molecular flexibility index (Phi) is 5.92. The van der Waals surface area contributed by atoms with Crippen LogP contribution in [0.25, 0.3) is 0 Å². The number of hydrogen-bond donors (Lipinski definition) is 2. The number of aliphatic imine (C=N–C) groups is 1. The first-order chi connectivity index (χ1) is 14.8. The van der Waals surface area contributed by atoms with Crippen molar-refractivity contribution in [2.45, 2.75) is 24.8 Å².